The van der Waals surface area contributed by atoms with Gasteiger partial charge >= 0.3 is 5.97 Å². The maximum absolute atomic E-state index is 10.7. The fourth-order valence-electron chi connectivity index (χ4n) is 2.17. The SMILES string of the molecule is CN1CCC(C)(CNc2cnc(C(=O)O)cn2)CC1. The van der Waals surface area contributed by atoms with Crippen molar-refractivity contribution in [3.8, 4) is 0 Å². The highest BCUT2D eigenvalue weighted by Crippen LogP contribution is 2.30. The molecule has 1 aliphatic rings. The molecule has 104 valence electrons. The van der Waals surface area contributed by atoms with Crippen molar-refractivity contribution in [2.45, 2.75) is 19.8 Å². The van der Waals surface area contributed by atoms with Gasteiger partial charge in [-0.25, -0.2) is 14.8 Å². The van der Waals surface area contributed by atoms with E-state index in [4.69, 9.17) is 5.11 Å². The third-order valence-electron chi connectivity index (χ3n) is 3.76. The molecule has 0 radical (unpaired) electrons. The zero-order chi connectivity index (χ0) is 13.9. The molecule has 0 bridgehead atoms. The molecule has 1 aromatic heterocycles. The van der Waals surface area contributed by atoms with Gasteiger partial charge in [-0.3, -0.25) is 0 Å². The maximum atomic E-state index is 10.7. The van der Waals surface area contributed by atoms with Crippen molar-refractivity contribution in [3.63, 3.8) is 0 Å². The first kappa shape index (κ1) is 13.7. The van der Waals surface area contributed by atoms with Gasteiger partial charge in [0, 0.05) is 6.54 Å². The molecule has 19 heavy (non-hydrogen) atoms. The van der Waals surface area contributed by atoms with Crippen molar-refractivity contribution in [2.75, 3.05) is 32.0 Å². The first-order valence-corrected chi connectivity index (χ1v) is 6.46. The Kier molecular flexibility index (Phi) is 3.99. The Balaban J connectivity index is 1.89. The number of carbonyl (C=O) groups is 1. The van der Waals surface area contributed by atoms with Crippen LogP contribution in [0, 0.1) is 5.41 Å². The third-order valence-corrected chi connectivity index (χ3v) is 3.76. The normalized spacial score (nSPS) is 19.1. The van der Waals surface area contributed by atoms with Crippen LogP contribution in [0.15, 0.2) is 12.4 Å². The molecule has 0 aromatic carbocycles. The van der Waals surface area contributed by atoms with Gasteiger partial charge in [0.2, 0.25) is 0 Å². The molecular weight excluding hydrogens is 244 g/mol. The minimum Gasteiger partial charge on any atom is -0.476 e. The molecule has 1 saturated heterocycles. The second kappa shape index (κ2) is 5.52. The predicted molar refractivity (Wildman–Crippen MR) is 72.3 cm³/mol. The van der Waals surface area contributed by atoms with E-state index in [0.717, 1.165) is 32.5 Å². The Hall–Kier alpha value is -1.69. The Morgan fingerprint density at radius 1 is 1.42 bits per heavy atom. The van der Waals surface area contributed by atoms with E-state index in [0.29, 0.717) is 5.82 Å². The highest BCUT2D eigenvalue weighted by molar-refractivity contribution is 5.84. The van der Waals surface area contributed by atoms with Crippen molar-refractivity contribution >= 4 is 11.8 Å². The molecule has 2 N–H and O–H groups in total. The highest BCUT2D eigenvalue weighted by Gasteiger charge is 2.28. The van der Waals surface area contributed by atoms with Crippen molar-refractivity contribution in [1.82, 2.24) is 14.9 Å². The van der Waals surface area contributed by atoms with Gasteiger partial charge in [-0.1, -0.05) is 6.92 Å². The second-order valence-corrected chi connectivity index (χ2v) is 5.56. The van der Waals surface area contributed by atoms with Crippen LogP contribution in [0.4, 0.5) is 5.82 Å². The van der Waals surface area contributed by atoms with E-state index < -0.39 is 5.97 Å². The number of likely N-dealkylation sites (tertiary alicyclic amines) is 1. The van der Waals surface area contributed by atoms with Crippen LogP contribution in [0.25, 0.3) is 0 Å². The summed E-state index contributed by atoms with van der Waals surface area (Å²) in [6.07, 6.45) is 5.05. The Morgan fingerprint density at radius 2 is 2.11 bits per heavy atom. The molecule has 1 aliphatic heterocycles. The molecule has 2 rings (SSSR count). The van der Waals surface area contributed by atoms with Crippen molar-refractivity contribution < 1.29 is 9.90 Å². The predicted octanol–water partition coefficient (Wildman–Crippen LogP) is 1.32. The number of nitrogens with one attached hydrogen (secondary N) is 1. The summed E-state index contributed by atoms with van der Waals surface area (Å²) in [6, 6.07) is 0. The van der Waals surface area contributed by atoms with Gasteiger partial charge in [-0.05, 0) is 38.4 Å². The number of hydrogen-bond donors (Lipinski definition) is 2. The largest absolute Gasteiger partial charge is 0.476 e. The van der Waals surface area contributed by atoms with Crippen LogP contribution in [0.5, 0.6) is 0 Å². The van der Waals surface area contributed by atoms with Gasteiger partial charge in [0.15, 0.2) is 5.69 Å². The topological polar surface area (TPSA) is 78.4 Å². The molecule has 6 nitrogen and oxygen atoms in total. The van der Waals surface area contributed by atoms with E-state index in [9.17, 15) is 4.79 Å². The number of rotatable bonds is 4. The monoisotopic (exact) mass is 264 g/mol. The number of aromatic carboxylic acids is 1. The summed E-state index contributed by atoms with van der Waals surface area (Å²) in [5.41, 5.74) is 0.232. The molecule has 2 heterocycles. The van der Waals surface area contributed by atoms with Crippen LogP contribution in [-0.4, -0.2) is 52.6 Å². The average Bonchev–Trinajstić information content (AvgIpc) is 2.41. The molecule has 0 aliphatic carbocycles. The molecule has 1 aromatic rings. The molecule has 0 spiro atoms. The molecule has 0 unspecified atom stereocenters. The van der Waals surface area contributed by atoms with Crippen LogP contribution in [0.3, 0.4) is 0 Å². The Labute approximate surface area is 112 Å². The lowest BCUT2D eigenvalue weighted by Crippen LogP contribution is -2.40. The van der Waals surface area contributed by atoms with Crippen LogP contribution < -0.4 is 5.32 Å². The summed E-state index contributed by atoms with van der Waals surface area (Å²) in [5.74, 6) is -0.425. The van der Waals surface area contributed by atoms with Gasteiger partial charge in [0.05, 0.1) is 12.4 Å². The zero-order valence-corrected chi connectivity index (χ0v) is 11.4. The van der Waals surface area contributed by atoms with Crippen LogP contribution in [0.1, 0.15) is 30.3 Å². The number of carboxylic acids is 1. The van der Waals surface area contributed by atoms with Crippen molar-refractivity contribution in [3.05, 3.63) is 18.1 Å². The number of hydrogen-bond acceptors (Lipinski definition) is 5. The van der Waals surface area contributed by atoms with Crippen molar-refractivity contribution in [1.29, 1.82) is 0 Å². The fraction of sp³-hybridized carbons (Fsp3) is 0.615. The van der Waals surface area contributed by atoms with Gasteiger partial charge < -0.3 is 15.3 Å². The maximum Gasteiger partial charge on any atom is 0.356 e. The van der Waals surface area contributed by atoms with E-state index in [1.54, 1.807) is 0 Å². The van der Waals surface area contributed by atoms with Crippen LogP contribution >= 0.6 is 0 Å². The van der Waals surface area contributed by atoms with E-state index in [2.05, 4.69) is 34.2 Å². The molecule has 0 saturated carbocycles. The van der Waals surface area contributed by atoms with Crippen molar-refractivity contribution in [2.24, 2.45) is 5.41 Å². The van der Waals surface area contributed by atoms with Crippen LogP contribution in [-0.2, 0) is 0 Å². The summed E-state index contributed by atoms with van der Waals surface area (Å²) in [5, 5.41) is 12.0. The number of aromatic nitrogens is 2. The Morgan fingerprint density at radius 3 is 2.63 bits per heavy atom. The molecular formula is C13H20N4O2. The molecule has 0 amide bonds. The third kappa shape index (κ3) is 3.64. The lowest BCUT2D eigenvalue weighted by atomic mass is 9.80. The summed E-state index contributed by atoms with van der Waals surface area (Å²) < 4.78 is 0. The van der Waals surface area contributed by atoms with E-state index in [-0.39, 0.29) is 11.1 Å². The smallest absolute Gasteiger partial charge is 0.356 e. The highest BCUT2D eigenvalue weighted by atomic mass is 16.4. The number of carboxylic acid groups (broad SMARTS) is 1. The zero-order valence-electron chi connectivity index (χ0n) is 11.4. The molecule has 6 heteroatoms. The van der Waals surface area contributed by atoms with Gasteiger partial charge in [0.25, 0.3) is 0 Å². The summed E-state index contributed by atoms with van der Waals surface area (Å²) in [7, 11) is 2.14. The first-order valence-electron chi connectivity index (χ1n) is 6.46. The quantitative estimate of drug-likeness (QED) is 0.854. The Bertz CT molecular complexity index is 438. The minimum absolute atomic E-state index is 0.0314. The fourth-order valence-corrected chi connectivity index (χ4v) is 2.17. The molecule has 0 atom stereocenters. The molecule has 1 fully saturated rings. The average molecular weight is 264 g/mol. The number of nitrogens with zero attached hydrogens (tertiary/aromatic N) is 3. The number of anilines is 1. The van der Waals surface area contributed by atoms with Gasteiger partial charge in [-0.15, -0.1) is 0 Å². The summed E-state index contributed by atoms with van der Waals surface area (Å²) in [4.78, 5) is 20.9. The first-order chi connectivity index (χ1) is 8.98. The summed E-state index contributed by atoms with van der Waals surface area (Å²) >= 11 is 0. The minimum atomic E-state index is -1.05. The van der Waals surface area contributed by atoms with E-state index in [1.807, 2.05) is 0 Å². The van der Waals surface area contributed by atoms with Crippen LogP contribution in [0.2, 0.25) is 0 Å². The number of piperidine rings is 1. The standard InChI is InChI=1S/C13H20N4O2/c1-13(3-5-17(2)6-4-13)9-16-11-8-14-10(7-15-11)12(18)19/h7-8H,3-6,9H2,1-2H3,(H,15,16)(H,18,19). The lowest BCUT2D eigenvalue weighted by Gasteiger charge is -2.38. The second-order valence-electron chi connectivity index (χ2n) is 5.56. The summed E-state index contributed by atoms with van der Waals surface area (Å²) in [6.45, 7) is 5.33. The van der Waals surface area contributed by atoms with E-state index in [1.165, 1.54) is 12.4 Å². The van der Waals surface area contributed by atoms with E-state index >= 15 is 0 Å². The lowest BCUT2D eigenvalue weighted by molar-refractivity contribution is 0.0690. The van der Waals surface area contributed by atoms with Gasteiger partial charge in [-0.2, -0.15) is 0 Å². The van der Waals surface area contributed by atoms with Gasteiger partial charge in [0.1, 0.15) is 5.82 Å².